The van der Waals surface area contributed by atoms with Crippen LogP contribution in [0.25, 0.3) is 5.76 Å². The number of nitrogens with zero attached hydrogens (tertiary/aromatic N) is 1. The first kappa shape index (κ1) is 18.5. The fourth-order valence-electron chi connectivity index (χ4n) is 1.42. The number of ether oxygens (including phenoxy) is 2. The topological polar surface area (TPSA) is 23.4 Å². The Morgan fingerprint density at radius 1 is 1.47 bits per heavy atom. The van der Waals surface area contributed by atoms with Crippen LogP contribution >= 0.6 is 28.6 Å². The molecule has 0 unspecified atom stereocenters. The van der Waals surface area contributed by atoms with Crippen LogP contribution in [0.1, 0.15) is 25.2 Å². The maximum atomic E-state index is 13.8. The molecule has 1 rings (SSSR count). The van der Waals surface area contributed by atoms with Gasteiger partial charge in [-0.25, -0.2) is 4.39 Å². The summed E-state index contributed by atoms with van der Waals surface area (Å²) in [6.45, 7) is 10.2. The quantitative estimate of drug-likeness (QED) is 0.469. The van der Waals surface area contributed by atoms with Crippen LogP contribution in [0.5, 0.6) is 0 Å². The zero-order valence-corrected chi connectivity index (χ0v) is 14.3. The highest BCUT2D eigenvalue weighted by Crippen LogP contribution is 2.31. The molecule has 0 N–H and O–H groups in total. The molecule has 1 heterocycles. The molecule has 0 bridgehead atoms. The fraction of sp³-hybridized carbons (Fsp3) is 0.538. The average Bonchev–Trinajstić information content (AvgIpc) is 2.65. The molecule has 0 aromatic carbocycles. The predicted molar refractivity (Wildman–Crippen MR) is 84.0 cm³/mol. The number of rotatable bonds is 6. The molecule has 6 heteroatoms. The van der Waals surface area contributed by atoms with Crippen LogP contribution < -0.4 is 0 Å². The van der Waals surface area contributed by atoms with E-state index in [4.69, 9.17) is 9.47 Å². The van der Waals surface area contributed by atoms with Crippen molar-refractivity contribution < 1.29 is 13.9 Å². The molecule has 0 spiro atoms. The second kappa shape index (κ2) is 9.44. The van der Waals surface area contributed by atoms with Crippen molar-refractivity contribution in [2.75, 3.05) is 19.5 Å². The number of thiol groups is 1. The van der Waals surface area contributed by atoms with E-state index in [1.54, 1.807) is 11.5 Å². The van der Waals surface area contributed by atoms with E-state index in [1.165, 1.54) is 7.11 Å². The monoisotopic (exact) mass is 353 g/mol. The van der Waals surface area contributed by atoms with Crippen LogP contribution in [0.3, 0.4) is 0 Å². The largest absolute Gasteiger partial charge is 0.495 e. The first-order valence-corrected chi connectivity index (χ1v) is 7.43. The summed E-state index contributed by atoms with van der Waals surface area (Å²) in [5.41, 5.74) is 1.03. The lowest BCUT2D eigenvalue weighted by Crippen LogP contribution is -2.09. The van der Waals surface area contributed by atoms with Crippen molar-refractivity contribution in [1.29, 1.82) is 0 Å². The number of aromatic nitrogens is 1. The molecule has 0 fully saturated rings. The van der Waals surface area contributed by atoms with E-state index in [-0.39, 0.29) is 12.5 Å². The van der Waals surface area contributed by atoms with Gasteiger partial charge >= 0.3 is 0 Å². The maximum Gasteiger partial charge on any atom is 0.158 e. The molecule has 0 aliphatic carbocycles. The third kappa shape index (κ3) is 4.54. The van der Waals surface area contributed by atoms with Gasteiger partial charge in [0.15, 0.2) is 5.82 Å². The van der Waals surface area contributed by atoms with Crippen molar-refractivity contribution >= 4 is 34.3 Å². The summed E-state index contributed by atoms with van der Waals surface area (Å²) < 4.78 is 26.2. The van der Waals surface area contributed by atoms with Gasteiger partial charge in [0.25, 0.3) is 0 Å². The molecule has 0 aliphatic rings. The lowest BCUT2D eigenvalue weighted by molar-refractivity contribution is 0.0873. The molecule has 0 saturated carbocycles. The van der Waals surface area contributed by atoms with Gasteiger partial charge in [0.2, 0.25) is 0 Å². The lowest BCUT2D eigenvalue weighted by Gasteiger charge is -2.12. The van der Waals surface area contributed by atoms with Crippen molar-refractivity contribution in [3.63, 3.8) is 0 Å². The fourth-order valence-corrected chi connectivity index (χ4v) is 2.27. The molecule has 3 nitrogen and oxygen atoms in total. The molecule has 0 aliphatic heterocycles. The minimum Gasteiger partial charge on any atom is -0.495 e. The standard InChI is InChI=1S/C11H15BrFNO2S.C2H6/c1-7-10(13)9(12)11(8(2)15-3)14(7)6-16-4-5-17;1-2/h17H,2,4-6H2,1,3H3;1-2H3. The van der Waals surface area contributed by atoms with Crippen LogP contribution in [-0.4, -0.2) is 24.0 Å². The number of hydrogen-bond donors (Lipinski definition) is 1. The lowest BCUT2D eigenvalue weighted by atomic mass is 10.4. The van der Waals surface area contributed by atoms with E-state index in [9.17, 15) is 4.39 Å². The van der Waals surface area contributed by atoms with Crippen LogP contribution in [-0.2, 0) is 16.2 Å². The van der Waals surface area contributed by atoms with E-state index in [0.717, 1.165) is 0 Å². The zero-order chi connectivity index (χ0) is 15.0. The Bertz CT molecular complexity index is 421. The van der Waals surface area contributed by atoms with E-state index < -0.39 is 0 Å². The van der Waals surface area contributed by atoms with Crippen LogP contribution in [0.2, 0.25) is 0 Å². The summed E-state index contributed by atoms with van der Waals surface area (Å²) >= 11 is 7.24. The molecule has 1 aromatic rings. The highest BCUT2D eigenvalue weighted by atomic mass is 79.9. The Balaban J connectivity index is 0.00000154. The van der Waals surface area contributed by atoms with Crippen LogP contribution in [0, 0.1) is 12.7 Å². The van der Waals surface area contributed by atoms with E-state index in [1.807, 2.05) is 13.8 Å². The number of halogens is 2. The molecule has 0 radical (unpaired) electrons. The summed E-state index contributed by atoms with van der Waals surface area (Å²) in [4.78, 5) is 0. The molecule has 19 heavy (non-hydrogen) atoms. The van der Waals surface area contributed by atoms with Gasteiger partial charge in [-0.3, -0.25) is 0 Å². The average molecular weight is 354 g/mol. The molecule has 0 atom stereocenters. The molecule has 0 amide bonds. The molecule has 110 valence electrons. The van der Waals surface area contributed by atoms with Gasteiger partial charge < -0.3 is 14.0 Å². The predicted octanol–water partition coefficient (Wildman–Crippen LogP) is 4.25. The van der Waals surface area contributed by atoms with Crippen molar-refractivity contribution in [1.82, 2.24) is 4.57 Å². The van der Waals surface area contributed by atoms with Crippen LogP contribution in [0.15, 0.2) is 11.1 Å². The normalized spacial score (nSPS) is 9.84. The van der Waals surface area contributed by atoms with Crippen molar-refractivity contribution in [2.45, 2.75) is 27.5 Å². The van der Waals surface area contributed by atoms with Gasteiger partial charge in [0.05, 0.1) is 23.9 Å². The van der Waals surface area contributed by atoms with Gasteiger partial charge in [0.1, 0.15) is 18.2 Å². The molecule has 1 aromatic heterocycles. The Kier molecular flexibility index (Phi) is 9.22. The Hall–Kier alpha value is -0.460. The zero-order valence-electron chi connectivity index (χ0n) is 11.8. The SMILES string of the molecule is C=C(OC)c1c(Br)c(F)c(C)n1COCCS.CC. The van der Waals surface area contributed by atoms with Gasteiger partial charge in [-0.05, 0) is 22.9 Å². The van der Waals surface area contributed by atoms with Gasteiger partial charge in [-0.1, -0.05) is 20.4 Å². The third-order valence-electron chi connectivity index (χ3n) is 2.36. The summed E-state index contributed by atoms with van der Waals surface area (Å²) in [6.07, 6.45) is 0. The molecule has 0 saturated heterocycles. The summed E-state index contributed by atoms with van der Waals surface area (Å²) in [7, 11) is 1.49. The first-order valence-electron chi connectivity index (χ1n) is 6.00. The second-order valence-electron chi connectivity index (χ2n) is 3.38. The van der Waals surface area contributed by atoms with Gasteiger partial charge in [-0.15, -0.1) is 0 Å². The van der Waals surface area contributed by atoms with Gasteiger partial charge in [0, 0.05) is 5.75 Å². The van der Waals surface area contributed by atoms with Crippen LogP contribution in [0.4, 0.5) is 4.39 Å². The number of hydrogen-bond acceptors (Lipinski definition) is 3. The van der Waals surface area contributed by atoms with E-state index >= 15 is 0 Å². The minimum absolute atomic E-state index is 0.243. The summed E-state index contributed by atoms with van der Waals surface area (Å²) in [6, 6.07) is 0. The molecular formula is C13H21BrFNO2S. The first-order chi connectivity index (χ1) is 9.04. The van der Waals surface area contributed by atoms with Crippen molar-refractivity contribution in [2.24, 2.45) is 0 Å². The maximum absolute atomic E-state index is 13.8. The van der Waals surface area contributed by atoms with E-state index in [0.29, 0.717) is 34.0 Å². The van der Waals surface area contributed by atoms with Gasteiger partial charge in [-0.2, -0.15) is 12.6 Å². The van der Waals surface area contributed by atoms with Crippen molar-refractivity contribution in [3.8, 4) is 0 Å². The summed E-state index contributed by atoms with van der Waals surface area (Å²) in [5.74, 6) is 0.677. The minimum atomic E-state index is -0.326. The molecular weight excluding hydrogens is 333 g/mol. The highest BCUT2D eigenvalue weighted by molar-refractivity contribution is 9.10. The summed E-state index contributed by atoms with van der Waals surface area (Å²) in [5, 5.41) is 0. The Morgan fingerprint density at radius 2 is 2.05 bits per heavy atom. The highest BCUT2D eigenvalue weighted by Gasteiger charge is 2.21. The third-order valence-corrected chi connectivity index (χ3v) is 3.27. The Morgan fingerprint density at radius 3 is 2.53 bits per heavy atom. The van der Waals surface area contributed by atoms with Crippen molar-refractivity contribution in [3.05, 3.63) is 28.3 Å². The van der Waals surface area contributed by atoms with E-state index in [2.05, 4.69) is 35.1 Å². The smallest absolute Gasteiger partial charge is 0.158 e. The number of methoxy groups -OCH3 is 1. The Labute approximate surface area is 128 Å². The second-order valence-corrected chi connectivity index (χ2v) is 4.62.